The van der Waals surface area contributed by atoms with E-state index in [9.17, 15) is 5.11 Å². The number of aromatic hydroxyl groups is 1. The van der Waals surface area contributed by atoms with Crippen molar-refractivity contribution in [3.05, 3.63) is 29.3 Å². The molecule has 0 aliphatic carbocycles. The number of thioether (sulfide) groups is 1. The normalized spacial score (nSPS) is 14.6. The summed E-state index contributed by atoms with van der Waals surface area (Å²) in [7, 11) is 0. The van der Waals surface area contributed by atoms with Crippen molar-refractivity contribution >= 4 is 11.8 Å². The van der Waals surface area contributed by atoms with Gasteiger partial charge in [0.1, 0.15) is 5.75 Å². The van der Waals surface area contributed by atoms with Gasteiger partial charge in [0, 0.05) is 11.6 Å². The second kappa shape index (κ2) is 6.92. The lowest BCUT2D eigenvalue weighted by Crippen LogP contribution is -2.25. The molecule has 0 spiro atoms. The van der Waals surface area contributed by atoms with E-state index in [0.29, 0.717) is 11.7 Å². The van der Waals surface area contributed by atoms with Gasteiger partial charge < -0.3 is 10.4 Å². The number of hydrogen-bond donors (Lipinski definition) is 2. The van der Waals surface area contributed by atoms with Crippen molar-refractivity contribution in [3.8, 4) is 5.75 Å². The third-order valence-electron chi connectivity index (χ3n) is 2.87. The molecule has 3 heteroatoms. The predicted octanol–water partition coefficient (Wildman–Crippen LogP) is 3.35. The SMILES string of the molecule is CSCC(C)CNC(C)c1cc(C)ccc1O. The summed E-state index contributed by atoms with van der Waals surface area (Å²) >= 11 is 1.87. The molecule has 1 rings (SSSR count). The molecular formula is C14H23NOS. The Labute approximate surface area is 109 Å². The molecule has 0 radical (unpaired) electrons. The highest BCUT2D eigenvalue weighted by molar-refractivity contribution is 7.98. The topological polar surface area (TPSA) is 32.3 Å². The van der Waals surface area contributed by atoms with Crippen LogP contribution in [0.1, 0.15) is 31.0 Å². The molecule has 0 saturated carbocycles. The fourth-order valence-electron chi connectivity index (χ4n) is 1.85. The first kappa shape index (κ1) is 14.4. The van der Waals surface area contributed by atoms with Gasteiger partial charge in [-0.15, -0.1) is 0 Å². The minimum atomic E-state index is 0.194. The number of benzene rings is 1. The molecule has 2 unspecified atom stereocenters. The van der Waals surface area contributed by atoms with Crippen LogP contribution in [0.5, 0.6) is 5.75 Å². The van der Waals surface area contributed by atoms with Gasteiger partial charge in [0.15, 0.2) is 0 Å². The van der Waals surface area contributed by atoms with Gasteiger partial charge in [-0.3, -0.25) is 0 Å². The van der Waals surface area contributed by atoms with Crippen LogP contribution in [0.2, 0.25) is 0 Å². The molecule has 2 N–H and O–H groups in total. The molecule has 0 heterocycles. The van der Waals surface area contributed by atoms with Crippen LogP contribution in [0.25, 0.3) is 0 Å². The molecule has 0 aromatic heterocycles. The number of nitrogens with one attached hydrogen (secondary N) is 1. The highest BCUT2D eigenvalue weighted by Gasteiger charge is 2.11. The fourth-order valence-corrected chi connectivity index (χ4v) is 2.54. The van der Waals surface area contributed by atoms with Gasteiger partial charge in [0.25, 0.3) is 0 Å². The molecule has 2 atom stereocenters. The van der Waals surface area contributed by atoms with Gasteiger partial charge in [-0.1, -0.05) is 24.6 Å². The van der Waals surface area contributed by atoms with Crippen LogP contribution < -0.4 is 5.32 Å². The summed E-state index contributed by atoms with van der Waals surface area (Å²) < 4.78 is 0. The number of phenolic OH excluding ortho intramolecular Hbond substituents is 1. The molecule has 2 nitrogen and oxygen atoms in total. The van der Waals surface area contributed by atoms with Crippen molar-refractivity contribution in [2.24, 2.45) is 5.92 Å². The van der Waals surface area contributed by atoms with Crippen LogP contribution in [0.15, 0.2) is 18.2 Å². The average Bonchev–Trinajstić information content (AvgIpc) is 2.29. The van der Waals surface area contributed by atoms with E-state index in [1.54, 1.807) is 6.07 Å². The van der Waals surface area contributed by atoms with E-state index in [-0.39, 0.29) is 6.04 Å². The van der Waals surface area contributed by atoms with E-state index >= 15 is 0 Å². The van der Waals surface area contributed by atoms with Gasteiger partial charge in [-0.2, -0.15) is 11.8 Å². The van der Waals surface area contributed by atoms with Crippen molar-refractivity contribution in [1.82, 2.24) is 5.32 Å². The summed E-state index contributed by atoms with van der Waals surface area (Å²) in [6, 6.07) is 5.95. The molecule has 0 aliphatic heterocycles. The zero-order chi connectivity index (χ0) is 12.8. The Balaban J connectivity index is 2.57. The molecule has 0 aliphatic rings. The lowest BCUT2D eigenvalue weighted by Gasteiger charge is -2.19. The van der Waals surface area contributed by atoms with Crippen molar-refractivity contribution in [2.75, 3.05) is 18.6 Å². The van der Waals surface area contributed by atoms with Gasteiger partial charge in [0.05, 0.1) is 0 Å². The third kappa shape index (κ3) is 4.60. The monoisotopic (exact) mass is 253 g/mol. The first-order chi connectivity index (χ1) is 8.04. The Morgan fingerprint density at radius 2 is 2.06 bits per heavy atom. The van der Waals surface area contributed by atoms with Gasteiger partial charge in [0.2, 0.25) is 0 Å². The standard InChI is InChI=1S/C14H23NOS/c1-10-5-6-14(16)13(7-10)12(3)15-8-11(2)9-17-4/h5-7,11-12,15-16H,8-9H2,1-4H3. The summed E-state index contributed by atoms with van der Waals surface area (Å²) in [6.07, 6.45) is 2.13. The highest BCUT2D eigenvalue weighted by Crippen LogP contribution is 2.25. The summed E-state index contributed by atoms with van der Waals surface area (Å²) in [6.45, 7) is 7.37. The smallest absolute Gasteiger partial charge is 0.120 e. The quantitative estimate of drug-likeness (QED) is 0.815. The van der Waals surface area contributed by atoms with Crippen molar-refractivity contribution < 1.29 is 5.11 Å². The van der Waals surface area contributed by atoms with Gasteiger partial charge >= 0.3 is 0 Å². The maximum Gasteiger partial charge on any atom is 0.120 e. The van der Waals surface area contributed by atoms with Gasteiger partial charge in [-0.05, 0) is 44.4 Å². The molecule has 0 amide bonds. The second-order valence-corrected chi connectivity index (χ2v) is 5.66. The van der Waals surface area contributed by atoms with E-state index in [2.05, 4.69) is 25.4 Å². The molecule has 96 valence electrons. The molecule has 17 heavy (non-hydrogen) atoms. The Kier molecular flexibility index (Phi) is 5.86. The van der Waals surface area contributed by atoms with E-state index in [1.165, 1.54) is 11.3 Å². The largest absolute Gasteiger partial charge is 0.508 e. The van der Waals surface area contributed by atoms with E-state index in [1.807, 2.05) is 30.8 Å². The number of hydrogen-bond acceptors (Lipinski definition) is 3. The fraction of sp³-hybridized carbons (Fsp3) is 0.571. The minimum Gasteiger partial charge on any atom is -0.508 e. The second-order valence-electron chi connectivity index (χ2n) is 4.75. The molecule has 1 aromatic rings. The van der Waals surface area contributed by atoms with E-state index < -0.39 is 0 Å². The molecule has 0 bridgehead atoms. The highest BCUT2D eigenvalue weighted by atomic mass is 32.2. The first-order valence-corrected chi connectivity index (χ1v) is 7.45. The third-order valence-corrected chi connectivity index (χ3v) is 3.78. The molecule has 0 saturated heterocycles. The Morgan fingerprint density at radius 3 is 2.71 bits per heavy atom. The Hall–Kier alpha value is -0.670. The number of rotatable bonds is 6. The number of aryl methyl sites for hydroxylation is 1. The summed E-state index contributed by atoms with van der Waals surface area (Å²) in [4.78, 5) is 0. The molecular weight excluding hydrogens is 230 g/mol. The van der Waals surface area contributed by atoms with Crippen LogP contribution in [0, 0.1) is 12.8 Å². The van der Waals surface area contributed by atoms with Gasteiger partial charge in [-0.25, -0.2) is 0 Å². The average molecular weight is 253 g/mol. The Morgan fingerprint density at radius 1 is 1.35 bits per heavy atom. The summed E-state index contributed by atoms with van der Waals surface area (Å²) in [5, 5.41) is 13.3. The maximum atomic E-state index is 9.83. The van der Waals surface area contributed by atoms with E-state index in [4.69, 9.17) is 0 Å². The van der Waals surface area contributed by atoms with Crippen LogP contribution in [0.4, 0.5) is 0 Å². The zero-order valence-electron chi connectivity index (χ0n) is 11.2. The first-order valence-electron chi connectivity index (χ1n) is 6.06. The zero-order valence-corrected chi connectivity index (χ0v) is 12.0. The lowest BCUT2D eigenvalue weighted by molar-refractivity contribution is 0.443. The lowest BCUT2D eigenvalue weighted by atomic mass is 10.0. The van der Waals surface area contributed by atoms with E-state index in [0.717, 1.165) is 12.1 Å². The Bertz CT molecular complexity index is 354. The minimum absolute atomic E-state index is 0.194. The summed E-state index contributed by atoms with van der Waals surface area (Å²) in [5.74, 6) is 2.20. The van der Waals surface area contributed by atoms with Crippen LogP contribution >= 0.6 is 11.8 Å². The predicted molar refractivity (Wildman–Crippen MR) is 76.8 cm³/mol. The van der Waals surface area contributed by atoms with Crippen LogP contribution in [-0.2, 0) is 0 Å². The van der Waals surface area contributed by atoms with Crippen molar-refractivity contribution in [2.45, 2.75) is 26.8 Å². The molecule has 1 aromatic carbocycles. The van der Waals surface area contributed by atoms with Crippen molar-refractivity contribution in [3.63, 3.8) is 0 Å². The van der Waals surface area contributed by atoms with Crippen LogP contribution in [-0.4, -0.2) is 23.7 Å². The maximum absolute atomic E-state index is 9.83. The van der Waals surface area contributed by atoms with Crippen molar-refractivity contribution in [1.29, 1.82) is 0 Å². The number of phenols is 1. The summed E-state index contributed by atoms with van der Waals surface area (Å²) in [5.41, 5.74) is 2.17. The van der Waals surface area contributed by atoms with Crippen LogP contribution in [0.3, 0.4) is 0 Å². The molecule has 0 fully saturated rings.